The van der Waals surface area contributed by atoms with E-state index in [2.05, 4.69) is 5.32 Å². The number of hydrogen-bond donors (Lipinski definition) is 7. The van der Waals surface area contributed by atoms with Crippen molar-refractivity contribution in [2.75, 3.05) is 0 Å². The molecule has 11 atom stereocenters. The largest absolute Gasteiger partial charge is 0.511 e. The average Bonchev–Trinajstić information content (AvgIpc) is 3.04. The van der Waals surface area contributed by atoms with Gasteiger partial charge in [0.05, 0.1) is 36.1 Å². The summed E-state index contributed by atoms with van der Waals surface area (Å²) in [5.74, 6) is -9.04. The van der Waals surface area contributed by atoms with Crippen molar-refractivity contribution in [3.63, 3.8) is 0 Å². The smallest absolute Gasteiger partial charge is 0.251 e. The number of aliphatic hydroxyl groups excluding tert-OH is 6. The molecule has 47 heavy (non-hydrogen) atoms. The standard InChI is InChI=1S/C35H46ClNO10/c1-13-10-9-11-14(2)35(47)37-25-24(36)33(45)21-22(31(43)20(8)32(44)23(21)34(25)46)28(40)16(4)12-15(3)27(39)18(6)30(42)19(7)29(41)17(5)26(13)38/h9-13,15,17-20,26-27,29-30,32,38-39,41-44H,1-8H3,(H,37,47)/b10-9+,14-11-,16-12-/t13-,15?,17+,18+,19+,20?,26-,27-,29+,30+,32?/m0/s1. The molecule has 0 aromatic carbocycles. The van der Waals surface area contributed by atoms with Crippen LogP contribution in [0.4, 0.5) is 0 Å². The first kappa shape index (κ1) is 38.3. The fourth-order valence-corrected chi connectivity index (χ4v) is 6.61. The molecule has 2 aliphatic carbocycles. The molecule has 4 aliphatic rings. The molecule has 0 radical (unpaired) electrons. The number of ketones is 3. The number of rotatable bonds is 0. The maximum Gasteiger partial charge on any atom is 0.251 e. The van der Waals surface area contributed by atoms with E-state index in [1.807, 2.05) is 0 Å². The highest BCUT2D eigenvalue weighted by molar-refractivity contribution is 6.51. The summed E-state index contributed by atoms with van der Waals surface area (Å²) >= 11 is 6.32. The van der Waals surface area contributed by atoms with E-state index in [9.17, 15) is 49.8 Å². The molecule has 258 valence electrons. The molecule has 4 rings (SSSR count). The number of hydrogen-bond acceptors (Lipinski definition) is 10. The third-order valence-electron chi connectivity index (χ3n) is 9.86. The molecule has 2 heterocycles. The fourth-order valence-electron chi connectivity index (χ4n) is 6.38. The van der Waals surface area contributed by atoms with Gasteiger partial charge in [0.15, 0.2) is 5.78 Å². The number of carbonyl (C=O) groups is 4. The van der Waals surface area contributed by atoms with Gasteiger partial charge in [-0.3, -0.25) is 19.2 Å². The number of halogens is 1. The number of aliphatic hydroxyl groups is 6. The average molecular weight is 676 g/mol. The molecule has 1 amide bonds. The Balaban J connectivity index is 2.19. The van der Waals surface area contributed by atoms with Crippen LogP contribution in [0, 0.1) is 35.5 Å². The molecule has 12 heteroatoms. The lowest BCUT2D eigenvalue weighted by Crippen LogP contribution is -2.45. The topological polar surface area (TPSA) is 202 Å². The van der Waals surface area contributed by atoms with E-state index < -0.39 is 122 Å². The van der Waals surface area contributed by atoms with Crippen LogP contribution in [-0.4, -0.2) is 84.4 Å². The Morgan fingerprint density at radius 3 is 1.74 bits per heavy atom. The Morgan fingerprint density at radius 1 is 0.681 bits per heavy atom. The van der Waals surface area contributed by atoms with Gasteiger partial charge in [0, 0.05) is 52.2 Å². The second-order valence-electron chi connectivity index (χ2n) is 13.3. The third-order valence-corrected chi connectivity index (χ3v) is 10.2. The van der Waals surface area contributed by atoms with E-state index in [-0.39, 0.29) is 11.1 Å². The van der Waals surface area contributed by atoms with Crippen molar-refractivity contribution in [3.8, 4) is 0 Å². The number of allylic oxidation sites excluding steroid dienone is 7. The molecule has 0 aromatic rings. The van der Waals surface area contributed by atoms with Crippen LogP contribution < -0.4 is 5.32 Å². The minimum atomic E-state index is -1.70. The lowest BCUT2D eigenvalue weighted by atomic mass is 9.73. The van der Waals surface area contributed by atoms with E-state index in [4.69, 9.17) is 11.6 Å². The molecule has 7 N–H and O–H groups in total. The van der Waals surface area contributed by atoms with Gasteiger partial charge in [-0.25, -0.2) is 0 Å². The molecule has 3 unspecified atom stereocenters. The summed E-state index contributed by atoms with van der Waals surface area (Å²) in [4.78, 5) is 54.2. The van der Waals surface area contributed by atoms with Crippen LogP contribution in [0.5, 0.6) is 0 Å². The summed E-state index contributed by atoms with van der Waals surface area (Å²) in [7, 11) is 0. The van der Waals surface area contributed by atoms with Crippen molar-refractivity contribution >= 4 is 34.9 Å². The molecule has 4 bridgehead atoms. The Hall–Kier alpha value is -3.19. The number of Topliss-reactive ketones (excluding diaryl/α,β-unsaturated/α-hetero) is 3. The van der Waals surface area contributed by atoms with E-state index >= 15 is 0 Å². The van der Waals surface area contributed by atoms with Crippen molar-refractivity contribution in [1.29, 1.82) is 0 Å². The maximum atomic E-state index is 13.8. The highest BCUT2D eigenvalue weighted by Gasteiger charge is 2.47. The van der Waals surface area contributed by atoms with E-state index in [1.165, 1.54) is 39.0 Å². The number of carbonyl (C=O) groups excluding carboxylic acids is 4. The summed E-state index contributed by atoms with van der Waals surface area (Å²) in [6.45, 7) is 12.3. The Morgan fingerprint density at radius 2 is 1.19 bits per heavy atom. The van der Waals surface area contributed by atoms with Crippen LogP contribution in [0.25, 0.3) is 0 Å². The molecule has 0 saturated carbocycles. The van der Waals surface area contributed by atoms with Crippen molar-refractivity contribution in [1.82, 2.24) is 5.32 Å². The lowest BCUT2D eigenvalue weighted by Gasteiger charge is -2.36. The normalized spacial score (nSPS) is 40.2. The molecule has 11 nitrogen and oxygen atoms in total. The van der Waals surface area contributed by atoms with Crippen molar-refractivity contribution in [2.24, 2.45) is 35.5 Å². The first-order chi connectivity index (χ1) is 21.8. The summed E-state index contributed by atoms with van der Waals surface area (Å²) in [6, 6.07) is 0. The summed E-state index contributed by atoms with van der Waals surface area (Å²) in [5, 5.41) is 68.0. The number of nitrogens with one attached hydrogen (secondary N) is 1. The first-order valence-electron chi connectivity index (χ1n) is 15.7. The maximum absolute atomic E-state index is 13.8. The zero-order valence-electron chi connectivity index (χ0n) is 27.9. The predicted molar refractivity (Wildman–Crippen MR) is 174 cm³/mol. The highest BCUT2D eigenvalue weighted by atomic mass is 35.5. The first-order valence-corrected chi connectivity index (χ1v) is 16.1. The molecule has 0 spiro atoms. The van der Waals surface area contributed by atoms with Gasteiger partial charge >= 0.3 is 0 Å². The molecule has 2 aliphatic heterocycles. The van der Waals surface area contributed by atoms with E-state index in [0.29, 0.717) is 0 Å². The molecular formula is C35H46ClNO10. The summed E-state index contributed by atoms with van der Waals surface area (Å²) < 4.78 is 0. The van der Waals surface area contributed by atoms with Crippen LogP contribution in [0.3, 0.4) is 0 Å². The third kappa shape index (κ3) is 7.30. The zero-order valence-corrected chi connectivity index (χ0v) is 28.6. The predicted octanol–water partition coefficient (Wildman–Crippen LogP) is 2.48. The van der Waals surface area contributed by atoms with Crippen molar-refractivity contribution in [2.45, 2.75) is 85.9 Å². The Kier molecular flexibility index (Phi) is 12.1. The van der Waals surface area contributed by atoms with Crippen LogP contribution in [-0.2, 0) is 19.2 Å². The van der Waals surface area contributed by atoms with Crippen molar-refractivity contribution in [3.05, 3.63) is 68.7 Å². The number of amides is 1. The molecule has 0 fully saturated rings. The quantitative estimate of drug-likeness (QED) is 0.187. The molecule has 0 saturated heterocycles. The second-order valence-corrected chi connectivity index (χ2v) is 13.6. The van der Waals surface area contributed by atoms with Crippen LogP contribution in [0.1, 0.15) is 55.4 Å². The van der Waals surface area contributed by atoms with Gasteiger partial charge < -0.3 is 36.0 Å². The number of fused-ring (bicyclic) bond motifs is 15. The van der Waals surface area contributed by atoms with Gasteiger partial charge in [-0.15, -0.1) is 0 Å². The minimum absolute atomic E-state index is 0.0138. The second kappa shape index (κ2) is 14.9. The van der Waals surface area contributed by atoms with Crippen LogP contribution in [0.15, 0.2) is 68.7 Å². The summed E-state index contributed by atoms with van der Waals surface area (Å²) in [6.07, 6.45) is -0.419. The fraction of sp³-hybridized carbons (Fsp3) is 0.543. The molecule has 0 aromatic heterocycles. The SMILES string of the molecule is C/C1=C/C=C/[C@H](C)[C@H](O)[C@@H](C)[C@@H](O)[C@@H](C)[C@H](O)[C@H](C)[C@@H](O)C(C)/C=C(/C)C(=O)C2=C(O)C(C)C(O)C3=C2C(=O)C(Cl)=C(NC1=O)C3=O. The lowest BCUT2D eigenvalue weighted by molar-refractivity contribution is -0.121. The van der Waals surface area contributed by atoms with E-state index in [1.54, 1.807) is 40.7 Å². The van der Waals surface area contributed by atoms with Crippen LogP contribution >= 0.6 is 11.6 Å². The minimum Gasteiger partial charge on any atom is -0.511 e. The van der Waals surface area contributed by atoms with Gasteiger partial charge in [0.2, 0.25) is 11.6 Å². The van der Waals surface area contributed by atoms with Gasteiger partial charge in [0.1, 0.15) is 16.5 Å². The van der Waals surface area contributed by atoms with E-state index in [0.717, 1.165) is 0 Å². The Labute approximate surface area is 279 Å². The summed E-state index contributed by atoms with van der Waals surface area (Å²) in [5.41, 5.74) is -2.11. The van der Waals surface area contributed by atoms with Gasteiger partial charge in [-0.2, -0.15) is 0 Å². The Bertz CT molecular complexity index is 1520. The van der Waals surface area contributed by atoms with Gasteiger partial charge in [-0.1, -0.05) is 77.4 Å². The van der Waals surface area contributed by atoms with Gasteiger partial charge in [-0.05, 0) is 19.4 Å². The highest BCUT2D eigenvalue weighted by Crippen LogP contribution is 2.42. The van der Waals surface area contributed by atoms with Gasteiger partial charge in [0.25, 0.3) is 5.91 Å². The zero-order chi connectivity index (χ0) is 35.8. The monoisotopic (exact) mass is 675 g/mol. The van der Waals surface area contributed by atoms with Crippen molar-refractivity contribution < 1.29 is 49.8 Å². The molecular weight excluding hydrogens is 630 g/mol. The van der Waals surface area contributed by atoms with Crippen LogP contribution in [0.2, 0.25) is 0 Å².